The third-order valence-corrected chi connectivity index (χ3v) is 3.48. The van der Waals surface area contributed by atoms with Gasteiger partial charge < -0.3 is 16.8 Å². The molecule has 0 heterocycles. The number of carbonyl (C=O) groups is 2. The van der Waals surface area contributed by atoms with Gasteiger partial charge in [-0.1, -0.05) is 35.3 Å². The summed E-state index contributed by atoms with van der Waals surface area (Å²) in [6.45, 7) is 2.97. The van der Waals surface area contributed by atoms with Gasteiger partial charge in [-0.2, -0.15) is 0 Å². The molecular weight excluding hydrogens is 325 g/mol. The summed E-state index contributed by atoms with van der Waals surface area (Å²) < 4.78 is 0. The maximum Gasteiger partial charge on any atom is 0.242 e. The van der Waals surface area contributed by atoms with E-state index >= 15 is 0 Å². The van der Waals surface area contributed by atoms with Gasteiger partial charge >= 0.3 is 0 Å². The Labute approximate surface area is 133 Å². The topological polar surface area (TPSA) is 98.2 Å². The van der Waals surface area contributed by atoms with Gasteiger partial charge in [-0.05, 0) is 25.5 Å². The first-order valence-electron chi connectivity index (χ1n) is 5.48. The molecule has 0 aliphatic carbocycles. The minimum Gasteiger partial charge on any atom is -0.368 e. The lowest BCUT2D eigenvalue weighted by Crippen LogP contribution is -2.55. The molecule has 0 aromatic heterocycles. The van der Waals surface area contributed by atoms with Gasteiger partial charge in [0.15, 0.2) is 0 Å². The number of nitrogens with two attached hydrogens (primary N) is 2. The molecule has 0 saturated carbocycles. The van der Waals surface area contributed by atoms with Crippen LogP contribution in [0.25, 0.3) is 0 Å². The van der Waals surface area contributed by atoms with Gasteiger partial charge in [-0.3, -0.25) is 9.59 Å². The van der Waals surface area contributed by atoms with E-state index in [2.05, 4.69) is 5.32 Å². The fourth-order valence-electron chi connectivity index (χ4n) is 1.35. The van der Waals surface area contributed by atoms with Gasteiger partial charge in [-0.25, -0.2) is 0 Å². The molecule has 0 aliphatic heterocycles. The Hall–Kier alpha value is -1.01. The SMILES string of the molecule is CC(C)(NC(=O)C(N)c1cccc(Cl)c1Cl)C(N)=O.Cl. The predicted molar refractivity (Wildman–Crippen MR) is 82.1 cm³/mol. The molecule has 1 aromatic carbocycles. The van der Waals surface area contributed by atoms with Crippen LogP contribution in [0.3, 0.4) is 0 Å². The van der Waals surface area contributed by atoms with Crippen LogP contribution in [0, 0.1) is 0 Å². The number of primary amides is 1. The number of benzene rings is 1. The number of rotatable bonds is 4. The van der Waals surface area contributed by atoms with Crippen LogP contribution in [0.5, 0.6) is 0 Å². The van der Waals surface area contributed by atoms with Gasteiger partial charge in [0.05, 0.1) is 10.0 Å². The van der Waals surface area contributed by atoms with Crippen LogP contribution in [0.4, 0.5) is 0 Å². The van der Waals surface area contributed by atoms with Crippen molar-refractivity contribution in [3.8, 4) is 0 Å². The second kappa shape index (κ2) is 7.13. The van der Waals surface area contributed by atoms with Crippen LogP contribution in [0.2, 0.25) is 10.0 Å². The highest BCUT2D eigenvalue weighted by Crippen LogP contribution is 2.29. The first-order valence-corrected chi connectivity index (χ1v) is 6.24. The van der Waals surface area contributed by atoms with Gasteiger partial charge in [0.25, 0.3) is 0 Å². The van der Waals surface area contributed by atoms with Crippen molar-refractivity contribution in [2.24, 2.45) is 11.5 Å². The Kier molecular flexibility index (Phi) is 6.77. The third kappa shape index (κ3) is 4.24. The van der Waals surface area contributed by atoms with Gasteiger partial charge in [0.2, 0.25) is 11.8 Å². The molecule has 5 N–H and O–H groups in total. The number of amides is 2. The highest BCUT2D eigenvalue weighted by atomic mass is 35.5. The molecule has 0 radical (unpaired) electrons. The fraction of sp³-hybridized carbons (Fsp3) is 0.333. The number of halogens is 3. The van der Waals surface area contributed by atoms with E-state index in [1.54, 1.807) is 18.2 Å². The van der Waals surface area contributed by atoms with Crippen molar-refractivity contribution >= 4 is 47.4 Å². The first kappa shape index (κ1) is 19.0. The molecule has 1 rings (SSSR count). The minimum absolute atomic E-state index is 0. The third-order valence-electron chi connectivity index (χ3n) is 2.65. The van der Waals surface area contributed by atoms with E-state index in [9.17, 15) is 9.59 Å². The van der Waals surface area contributed by atoms with Gasteiger partial charge in [-0.15, -0.1) is 12.4 Å². The van der Waals surface area contributed by atoms with Crippen molar-refractivity contribution in [2.45, 2.75) is 25.4 Å². The van der Waals surface area contributed by atoms with Crippen molar-refractivity contribution < 1.29 is 9.59 Å². The molecular formula is C12H16Cl3N3O2. The number of nitrogens with one attached hydrogen (secondary N) is 1. The van der Waals surface area contributed by atoms with Crippen LogP contribution in [-0.2, 0) is 9.59 Å². The highest BCUT2D eigenvalue weighted by Gasteiger charge is 2.30. The number of hydrogen-bond donors (Lipinski definition) is 3. The molecule has 5 nitrogen and oxygen atoms in total. The zero-order valence-corrected chi connectivity index (χ0v) is 13.3. The van der Waals surface area contributed by atoms with E-state index in [1.165, 1.54) is 13.8 Å². The van der Waals surface area contributed by atoms with Crippen molar-refractivity contribution in [3.05, 3.63) is 33.8 Å². The van der Waals surface area contributed by atoms with Crippen LogP contribution in [0.1, 0.15) is 25.5 Å². The summed E-state index contributed by atoms with van der Waals surface area (Å²) >= 11 is 11.8. The molecule has 20 heavy (non-hydrogen) atoms. The molecule has 0 fully saturated rings. The lowest BCUT2D eigenvalue weighted by molar-refractivity contribution is -0.131. The summed E-state index contributed by atoms with van der Waals surface area (Å²) in [6.07, 6.45) is 0. The van der Waals surface area contributed by atoms with Crippen LogP contribution < -0.4 is 16.8 Å². The Bertz CT molecular complexity index is 521. The van der Waals surface area contributed by atoms with Crippen molar-refractivity contribution in [1.82, 2.24) is 5.32 Å². The van der Waals surface area contributed by atoms with E-state index in [0.717, 1.165) is 0 Å². The van der Waals surface area contributed by atoms with E-state index in [1.807, 2.05) is 0 Å². The largest absolute Gasteiger partial charge is 0.368 e. The van der Waals surface area contributed by atoms with E-state index in [-0.39, 0.29) is 17.4 Å². The Morgan fingerprint density at radius 1 is 1.30 bits per heavy atom. The van der Waals surface area contributed by atoms with Crippen LogP contribution in [0.15, 0.2) is 18.2 Å². The van der Waals surface area contributed by atoms with Gasteiger partial charge in [0.1, 0.15) is 11.6 Å². The summed E-state index contributed by atoms with van der Waals surface area (Å²) in [7, 11) is 0. The minimum atomic E-state index is -1.19. The molecule has 0 spiro atoms. The van der Waals surface area contributed by atoms with Crippen LogP contribution >= 0.6 is 35.6 Å². The monoisotopic (exact) mass is 339 g/mol. The summed E-state index contributed by atoms with van der Waals surface area (Å²) in [5, 5.41) is 2.97. The molecule has 1 aromatic rings. The Morgan fingerprint density at radius 3 is 2.35 bits per heavy atom. The number of carbonyl (C=O) groups excluding carboxylic acids is 2. The Morgan fingerprint density at radius 2 is 1.85 bits per heavy atom. The standard InChI is InChI=1S/C12H15Cl2N3O2.ClH/c1-12(2,11(16)19)17-10(18)9(15)6-4-3-5-7(13)8(6)14;/h3-5,9H,15H2,1-2H3,(H2,16,19)(H,17,18);1H. The van der Waals surface area contributed by atoms with Gasteiger partial charge in [0, 0.05) is 0 Å². The number of hydrogen-bond acceptors (Lipinski definition) is 3. The maximum absolute atomic E-state index is 12.0. The van der Waals surface area contributed by atoms with Crippen molar-refractivity contribution in [3.63, 3.8) is 0 Å². The second-order valence-electron chi connectivity index (χ2n) is 4.60. The average Bonchev–Trinajstić information content (AvgIpc) is 2.31. The highest BCUT2D eigenvalue weighted by molar-refractivity contribution is 6.42. The Balaban J connectivity index is 0.00000361. The fourth-order valence-corrected chi connectivity index (χ4v) is 1.77. The second-order valence-corrected chi connectivity index (χ2v) is 5.38. The van der Waals surface area contributed by atoms with E-state index in [0.29, 0.717) is 10.6 Å². The lowest BCUT2D eigenvalue weighted by Gasteiger charge is -2.24. The predicted octanol–water partition coefficient (Wildman–Crippen LogP) is 1.80. The molecule has 8 heteroatoms. The normalized spacial score (nSPS) is 12.2. The van der Waals surface area contributed by atoms with E-state index < -0.39 is 23.4 Å². The lowest BCUT2D eigenvalue weighted by atomic mass is 10.0. The average molecular weight is 341 g/mol. The molecule has 112 valence electrons. The molecule has 0 aliphatic rings. The van der Waals surface area contributed by atoms with E-state index in [4.69, 9.17) is 34.7 Å². The summed E-state index contributed by atoms with van der Waals surface area (Å²) in [4.78, 5) is 23.1. The summed E-state index contributed by atoms with van der Waals surface area (Å²) in [5.74, 6) is -1.22. The summed E-state index contributed by atoms with van der Waals surface area (Å²) in [5.41, 5.74) is 10.2. The molecule has 1 atom stereocenters. The smallest absolute Gasteiger partial charge is 0.242 e. The summed E-state index contributed by atoms with van der Waals surface area (Å²) in [6, 6.07) is 3.78. The zero-order chi connectivity index (χ0) is 14.8. The molecule has 0 saturated heterocycles. The van der Waals surface area contributed by atoms with Crippen molar-refractivity contribution in [1.29, 1.82) is 0 Å². The van der Waals surface area contributed by atoms with Crippen LogP contribution in [-0.4, -0.2) is 17.4 Å². The molecule has 0 bridgehead atoms. The maximum atomic E-state index is 12.0. The quantitative estimate of drug-likeness (QED) is 0.779. The molecule has 2 amide bonds. The first-order chi connectivity index (χ1) is 8.66. The van der Waals surface area contributed by atoms with Crippen molar-refractivity contribution in [2.75, 3.05) is 0 Å². The molecule has 1 unspecified atom stereocenters. The zero-order valence-electron chi connectivity index (χ0n) is 10.9.